The average molecular weight is 188 g/mol. The molecule has 0 nitrogen and oxygen atoms in total. The Kier molecular flexibility index (Phi) is 4.20. The zero-order valence-electron chi connectivity index (χ0n) is 6.51. The van der Waals surface area contributed by atoms with Crippen molar-refractivity contribution in [3.05, 3.63) is 11.1 Å². The van der Waals surface area contributed by atoms with E-state index >= 15 is 0 Å². The van der Waals surface area contributed by atoms with Crippen molar-refractivity contribution in [3.63, 3.8) is 0 Å². The lowest BCUT2D eigenvalue weighted by Gasteiger charge is -2.15. The minimum atomic E-state index is -3.74. The first-order chi connectivity index (χ1) is 5.49. The standard InChI is InChI=1S/C7H9F5/c1-5(6(2-8)3-9)7(11,12)4-10/h2-4H2,1H3. The summed E-state index contributed by atoms with van der Waals surface area (Å²) in [5, 5.41) is 0. The Morgan fingerprint density at radius 2 is 1.50 bits per heavy atom. The van der Waals surface area contributed by atoms with Gasteiger partial charge in [-0.1, -0.05) is 0 Å². The van der Waals surface area contributed by atoms with Crippen LogP contribution in [0.1, 0.15) is 6.92 Å². The summed E-state index contributed by atoms with van der Waals surface area (Å²) in [4.78, 5) is 0. The second kappa shape index (κ2) is 4.42. The molecule has 0 aliphatic carbocycles. The molecule has 0 aromatic rings. The fourth-order valence-corrected chi connectivity index (χ4v) is 0.595. The Morgan fingerprint density at radius 1 is 1.08 bits per heavy atom. The Bertz CT molecular complexity index is 167. The minimum Gasteiger partial charge on any atom is -0.246 e. The lowest BCUT2D eigenvalue weighted by molar-refractivity contribution is 0.0136. The maximum Gasteiger partial charge on any atom is 0.297 e. The summed E-state index contributed by atoms with van der Waals surface area (Å²) in [6.07, 6.45) is 0. The zero-order chi connectivity index (χ0) is 9.78. The molecule has 12 heavy (non-hydrogen) atoms. The van der Waals surface area contributed by atoms with Gasteiger partial charge in [-0.15, -0.1) is 0 Å². The van der Waals surface area contributed by atoms with Crippen molar-refractivity contribution < 1.29 is 22.0 Å². The van der Waals surface area contributed by atoms with Crippen LogP contribution in [0.5, 0.6) is 0 Å². The van der Waals surface area contributed by atoms with Gasteiger partial charge in [-0.2, -0.15) is 8.78 Å². The highest BCUT2D eigenvalue weighted by molar-refractivity contribution is 5.20. The summed E-state index contributed by atoms with van der Waals surface area (Å²) in [6, 6.07) is 0. The first kappa shape index (κ1) is 11.4. The molecule has 0 rings (SSSR count). The lowest BCUT2D eigenvalue weighted by atomic mass is 10.1. The van der Waals surface area contributed by atoms with Crippen LogP contribution in [-0.2, 0) is 0 Å². The first-order valence-corrected chi connectivity index (χ1v) is 3.24. The molecule has 0 aliphatic heterocycles. The summed E-state index contributed by atoms with van der Waals surface area (Å²) in [5.41, 5.74) is -1.53. The van der Waals surface area contributed by atoms with Gasteiger partial charge in [0.15, 0.2) is 6.67 Å². The van der Waals surface area contributed by atoms with E-state index in [9.17, 15) is 22.0 Å². The zero-order valence-corrected chi connectivity index (χ0v) is 6.51. The van der Waals surface area contributed by atoms with E-state index in [1.807, 2.05) is 0 Å². The molecule has 0 aromatic heterocycles. The van der Waals surface area contributed by atoms with E-state index < -0.39 is 37.1 Å². The molecular weight excluding hydrogens is 179 g/mol. The van der Waals surface area contributed by atoms with E-state index in [2.05, 4.69) is 0 Å². The molecule has 0 aromatic carbocycles. The van der Waals surface area contributed by atoms with Crippen molar-refractivity contribution in [2.75, 3.05) is 20.0 Å². The highest BCUT2D eigenvalue weighted by atomic mass is 19.3. The van der Waals surface area contributed by atoms with Gasteiger partial charge in [-0.3, -0.25) is 0 Å². The number of hydrogen-bond acceptors (Lipinski definition) is 0. The monoisotopic (exact) mass is 188 g/mol. The fourth-order valence-electron chi connectivity index (χ4n) is 0.595. The molecular formula is C7H9F5. The molecule has 5 heteroatoms. The summed E-state index contributed by atoms with van der Waals surface area (Å²) in [5.74, 6) is -3.74. The second-order valence-electron chi connectivity index (χ2n) is 2.33. The van der Waals surface area contributed by atoms with Crippen molar-refractivity contribution in [3.8, 4) is 0 Å². The topological polar surface area (TPSA) is 0 Å². The average Bonchev–Trinajstić information content (AvgIpc) is 2.06. The van der Waals surface area contributed by atoms with Crippen molar-refractivity contribution in [1.82, 2.24) is 0 Å². The van der Waals surface area contributed by atoms with Crippen LogP contribution in [0.25, 0.3) is 0 Å². The van der Waals surface area contributed by atoms with Crippen molar-refractivity contribution in [1.29, 1.82) is 0 Å². The first-order valence-electron chi connectivity index (χ1n) is 3.24. The molecule has 0 unspecified atom stereocenters. The Labute approximate surface area is 67.1 Å². The molecule has 0 saturated carbocycles. The van der Waals surface area contributed by atoms with Gasteiger partial charge < -0.3 is 0 Å². The third kappa shape index (κ3) is 2.46. The quantitative estimate of drug-likeness (QED) is 0.470. The van der Waals surface area contributed by atoms with Crippen LogP contribution in [-0.4, -0.2) is 25.9 Å². The second-order valence-corrected chi connectivity index (χ2v) is 2.33. The van der Waals surface area contributed by atoms with Crippen LogP contribution in [0, 0.1) is 0 Å². The summed E-state index contributed by atoms with van der Waals surface area (Å²) < 4.78 is 60.1. The Hall–Kier alpha value is -0.610. The van der Waals surface area contributed by atoms with Gasteiger partial charge in [0.2, 0.25) is 0 Å². The van der Waals surface area contributed by atoms with E-state index in [1.54, 1.807) is 0 Å². The summed E-state index contributed by atoms with van der Waals surface area (Å²) in [7, 11) is 0. The molecule has 0 aliphatic rings. The number of hydrogen-bond donors (Lipinski definition) is 0. The SMILES string of the molecule is CC(=C(CF)CF)C(F)(F)CF. The lowest BCUT2D eigenvalue weighted by Crippen LogP contribution is -2.22. The molecule has 0 spiro atoms. The minimum absolute atomic E-state index is 0.683. The highest BCUT2D eigenvalue weighted by Crippen LogP contribution is 2.27. The third-order valence-corrected chi connectivity index (χ3v) is 1.57. The van der Waals surface area contributed by atoms with Gasteiger partial charge in [0.05, 0.1) is 0 Å². The van der Waals surface area contributed by atoms with Crippen LogP contribution < -0.4 is 0 Å². The van der Waals surface area contributed by atoms with E-state index in [0.29, 0.717) is 0 Å². The molecule has 0 N–H and O–H groups in total. The molecule has 72 valence electrons. The van der Waals surface area contributed by atoms with Gasteiger partial charge in [0.1, 0.15) is 13.3 Å². The van der Waals surface area contributed by atoms with Crippen molar-refractivity contribution in [2.24, 2.45) is 0 Å². The number of allylic oxidation sites excluding steroid dienone is 2. The van der Waals surface area contributed by atoms with Crippen molar-refractivity contribution >= 4 is 0 Å². The predicted molar refractivity (Wildman–Crippen MR) is 35.6 cm³/mol. The van der Waals surface area contributed by atoms with Crippen molar-refractivity contribution in [2.45, 2.75) is 12.8 Å². The molecule has 0 amide bonds. The van der Waals surface area contributed by atoms with Gasteiger partial charge in [-0.25, -0.2) is 13.2 Å². The molecule has 0 atom stereocenters. The summed E-state index contributed by atoms with van der Waals surface area (Å²) >= 11 is 0. The van der Waals surface area contributed by atoms with Gasteiger partial charge >= 0.3 is 0 Å². The molecule has 0 fully saturated rings. The maximum absolute atomic E-state index is 12.4. The van der Waals surface area contributed by atoms with Crippen LogP contribution in [0.2, 0.25) is 0 Å². The number of alkyl halides is 5. The largest absolute Gasteiger partial charge is 0.297 e. The molecule has 0 radical (unpaired) electrons. The molecule has 0 saturated heterocycles. The number of rotatable bonds is 4. The third-order valence-electron chi connectivity index (χ3n) is 1.57. The highest BCUT2D eigenvalue weighted by Gasteiger charge is 2.33. The van der Waals surface area contributed by atoms with Crippen LogP contribution in [0.15, 0.2) is 11.1 Å². The fraction of sp³-hybridized carbons (Fsp3) is 0.714. The Balaban J connectivity index is 4.72. The van der Waals surface area contributed by atoms with E-state index in [0.717, 1.165) is 6.92 Å². The van der Waals surface area contributed by atoms with E-state index in [1.165, 1.54) is 0 Å². The van der Waals surface area contributed by atoms with Gasteiger partial charge in [0.25, 0.3) is 5.92 Å². The van der Waals surface area contributed by atoms with E-state index in [4.69, 9.17) is 0 Å². The van der Waals surface area contributed by atoms with Gasteiger partial charge in [0, 0.05) is 5.57 Å². The van der Waals surface area contributed by atoms with Crippen LogP contribution in [0.3, 0.4) is 0 Å². The summed E-state index contributed by atoms with van der Waals surface area (Å²) in [6.45, 7) is -3.72. The molecule has 0 heterocycles. The normalized spacial score (nSPS) is 11.5. The van der Waals surface area contributed by atoms with Crippen LogP contribution in [0.4, 0.5) is 22.0 Å². The van der Waals surface area contributed by atoms with E-state index in [-0.39, 0.29) is 0 Å². The van der Waals surface area contributed by atoms with Gasteiger partial charge in [-0.05, 0) is 12.5 Å². The number of halogens is 5. The van der Waals surface area contributed by atoms with Crippen LogP contribution >= 0.6 is 0 Å². The Morgan fingerprint density at radius 3 is 1.75 bits per heavy atom. The maximum atomic E-state index is 12.4. The predicted octanol–water partition coefficient (Wildman–Crippen LogP) is 2.85. The smallest absolute Gasteiger partial charge is 0.246 e. The molecule has 0 bridgehead atoms.